The highest BCUT2D eigenvalue weighted by Gasteiger charge is 2.17. The van der Waals surface area contributed by atoms with Gasteiger partial charge in [0, 0.05) is 37.1 Å². The lowest BCUT2D eigenvalue weighted by Crippen LogP contribution is -2.43. The van der Waals surface area contributed by atoms with E-state index in [2.05, 4.69) is 47.6 Å². The summed E-state index contributed by atoms with van der Waals surface area (Å²) in [7, 11) is 1.72. The van der Waals surface area contributed by atoms with E-state index in [1.807, 2.05) is 0 Å². The number of benzene rings is 1. The van der Waals surface area contributed by atoms with E-state index in [0.29, 0.717) is 5.92 Å². The minimum Gasteiger partial charge on any atom is -0.496 e. The van der Waals surface area contributed by atoms with Crippen LogP contribution >= 0.6 is 11.3 Å². The van der Waals surface area contributed by atoms with E-state index in [-0.39, 0.29) is 0 Å². The van der Waals surface area contributed by atoms with Gasteiger partial charge in [-0.15, -0.1) is 11.3 Å². The number of aromatic nitrogens is 1. The number of hydrogen-bond acceptors (Lipinski definition) is 5. The van der Waals surface area contributed by atoms with Crippen LogP contribution < -0.4 is 15.0 Å². The van der Waals surface area contributed by atoms with Crippen LogP contribution in [0.2, 0.25) is 0 Å². The predicted octanol–water partition coefficient (Wildman–Crippen LogP) is 3.35. The van der Waals surface area contributed by atoms with Crippen molar-refractivity contribution in [1.29, 1.82) is 0 Å². The lowest BCUT2D eigenvalue weighted by atomic mass is 9.99. The Balaban J connectivity index is 1.93. The average molecular weight is 317 g/mol. The number of hydrogen-bond donors (Lipinski definition) is 1. The number of nitrogens with zero attached hydrogens (tertiary/aromatic N) is 2. The van der Waals surface area contributed by atoms with Crippen LogP contribution in [0.5, 0.6) is 5.75 Å². The Morgan fingerprint density at radius 2 is 2.05 bits per heavy atom. The van der Waals surface area contributed by atoms with Crippen molar-refractivity contribution >= 4 is 16.5 Å². The Hall–Kier alpha value is -1.59. The largest absolute Gasteiger partial charge is 0.496 e. The van der Waals surface area contributed by atoms with E-state index >= 15 is 0 Å². The summed E-state index contributed by atoms with van der Waals surface area (Å²) in [5.74, 6) is 1.39. The molecular weight excluding hydrogens is 294 g/mol. The summed E-state index contributed by atoms with van der Waals surface area (Å²) >= 11 is 1.72. The first-order valence-electron chi connectivity index (χ1n) is 7.78. The zero-order valence-electron chi connectivity index (χ0n) is 13.4. The van der Waals surface area contributed by atoms with Gasteiger partial charge < -0.3 is 15.0 Å². The molecule has 1 aromatic carbocycles. The normalized spacial score (nSPS) is 15.4. The molecule has 4 nitrogen and oxygen atoms in total. The molecule has 2 heterocycles. The molecule has 1 aromatic heterocycles. The monoisotopic (exact) mass is 317 g/mol. The van der Waals surface area contributed by atoms with Crippen LogP contribution in [0, 0.1) is 0 Å². The van der Waals surface area contributed by atoms with Crippen LogP contribution in [0.25, 0.3) is 11.3 Å². The molecule has 0 saturated carbocycles. The van der Waals surface area contributed by atoms with Gasteiger partial charge in [0.15, 0.2) is 5.13 Å². The molecule has 0 atom stereocenters. The lowest BCUT2D eigenvalue weighted by Gasteiger charge is -2.26. The van der Waals surface area contributed by atoms with Crippen LogP contribution in [0.4, 0.5) is 5.13 Å². The molecule has 0 radical (unpaired) electrons. The summed E-state index contributed by atoms with van der Waals surface area (Å²) in [6.07, 6.45) is 0. The second-order valence-electron chi connectivity index (χ2n) is 5.87. The predicted molar refractivity (Wildman–Crippen MR) is 93.3 cm³/mol. The molecule has 118 valence electrons. The summed E-state index contributed by atoms with van der Waals surface area (Å²) in [6, 6.07) is 6.39. The molecular formula is C17H23N3OS. The molecule has 0 unspecified atom stereocenters. The second-order valence-corrected chi connectivity index (χ2v) is 6.70. The van der Waals surface area contributed by atoms with Gasteiger partial charge in [-0.2, -0.15) is 0 Å². The van der Waals surface area contributed by atoms with Crippen molar-refractivity contribution in [3.05, 3.63) is 29.1 Å². The van der Waals surface area contributed by atoms with Crippen LogP contribution in [0.3, 0.4) is 0 Å². The Morgan fingerprint density at radius 1 is 1.27 bits per heavy atom. The van der Waals surface area contributed by atoms with Crippen molar-refractivity contribution in [2.45, 2.75) is 19.8 Å². The Morgan fingerprint density at radius 3 is 2.73 bits per heavy atom. The zero-order valence-corrected chi connectivity index (χ0v) is 14.2. The highest BCUT2D eigenvalue weighted by atomic mass is 32.1. The van der Waals surface area contributed by atoms with Crippen molar-refractivity contribution in [2.24, 2.45) is 0 Å². The van der Waals surface area contributed by atoms with Gasteiger partial charge >= 0.3 is 0 Å². The maximum atomic E-state index is 5.53. The maximum Gasteiger partial charge on any atom is 0.185 e. The number of thiazole rings is 1. The fraction of sp³-hybridized carbons (Fsp3) is 0.471. The van der Waals surface area contributed by atoms with Crippen molar-refractivity contribution in [1.82, 2.24) is 10.3 Å². The van der Waals surface area contributed by atoms with Gasteiger partial charge in [0.2, 0.25) is 0 Å². The molecule has 5 heteroatoms. The maximum absolute atomic E-state index is 5.53. The van der Waals surface area contributed by atoms with Gasteiger partial charge in [-0.05, 0) is 23.6 Å². The van der Waals surface area contributed by atoms with E-state index in [4.69, 9.17) is 9.72 Å². The topological polar surface area (TPSA) is 37.4 Å². The average Bonchev–Trinajstić information content (AvgIpc) is 3.05. The fourth-order valence-corrected chi connectivity index (χ4v) is 3.55. The van der Waals surface area contributed by atoms with Crippen LogP contribution in [-0.2, 0) is 0 Å². The highest BCUT2D eigenvalue weighted by Crippen LogP contribution is 2.35. The highest BCUT2D eigenvalue weighted by molar-refractivity contribution is 7.14. The number of methoxy groups -OCH3 is 1. The molecule has 1 saturated heterocycles. The Kier molecular flexibility index (Phi) is 4.64. The Labute approximate surface area is 136 Å². The fourth-order valence-electron chi connectivity index (χ4n) is 2.67. The molecule has 0 bridgehead atoms. The molecule has 1 N–H and O–H groups in total. The van der Waals surface area contributed by atoms with Gasteiger partial charge in [0.05, 0.1) is 12.8 Å². The first-order valence-corrected chi connectivity index (χ1v) is 8.66. The van der Waals surface area contributed by atoms with E-state index in [1.54, 1.807) is 18.4 Å². The van der Waals surface area contributed by atoms with Gasteiger partial charge in [0.25, 0.3) is 0 Å². The SMILES string of the molecule is COc1ccc(C(C)C)cc1-c1csc(N2CCNCC2)n1. The summed E-state index contributed by atoms with van der Waals surface area (Å²) in [5, 5.41) is 6.62. The van der Waals surface area contributed by atoms with Crippen LogP contribution in [-0.4, -0.2) is 38.3 Å². The number of rotatable bonds is 4. The van der Waals surface area contributed by atoms with E-state index in [9.17, 15) is 0 Å². The quantitative estimate of drug-likeness (QED) is 0.938. The molecule has 2 aromatic rings. The minimum atomic E-state index is 0.496. The van der Waals surface area contributed by atoms with Gasteiger partial charge in [0.1, 0.15) is 5.75 Å². The van der Waals surface area contributed by atoms with Crippen molar-refractivity contribution in [3.8, 4) is 17.0 Å². The van der Waals surface area contributed by atoms with Gasteiger partial charge in [-0.1, -0.05) is 19.9 Å². The summed E-state index contributed by atoms with van der Waals surface area (Å²) in [4.78, 5) is 7.20. The summed E-state index contributed by atoms with van der Waals surface area (Å²) in [5.41, 5.74) is 3.41. The van der Waals surface area contributed by atoms with Crippen LogP contribution in [0.15, 0.2) is 23.6 Å². The smallest absolute Gasteiger partial charge is 0.185 e. The van der Waals surface area contributed by atoms with Crippen molar-refractivity contribution in [3.63, 3.8) is 0 Å². The molecule has 0 aliphatic carbocycles. The van der Waals surface area contributed by atoms with Gasteiger partial charge in [-0.25, -0.2) is 4.98 Å². The first kappa shape index (κ1) is 15.3. The van der Waals surface area contributed by atoms with Crippen molar-refractivity contribution in [2.75, 3.05) is 38.2 Å². The summed E-state index contributed by atoms with van der Waals surface area (Å²) in [6.45, 7) is 8.52. The third kappa shape index (κ3) is 3.10. The lowest BCUT2D eigenvalue weighted by molar-refractivity contribution is 0.416. The number of nitrogens with one attached hydrogen (secondary N) is 1. The third-order valence-corrected chi connectivity index (χ3v) is 4.95. The molecule has 3 rings (SSSR count). The van der Waals surface area contributed by atoms with Gasteiger partial charge in [-0.3, -0.25) is 0 Å². The molecule has 1 aliphatic rings. The number of piperazine rings is 1. The molecule has 1 aliphatic heterocycles. The summed E-state index contributed by atoms with van der Waals surface area (Å²) < 4.78 is 5.53. The van der Waals surface area contributed by atoms with E-state index < -0.39 is 0 Å². The minimum absolute atomic E-state index is 0.496. The number of anilines is 1. The van der Waals surface area contributed by atoms with E-state index in [0.717, 1.165) is 48.3 Å². The Bertz CT molecular complexity index is 633. The third-order valence-electron chi connectivity index (χ3n) is 4.05. The van der Waals surface area contributed by atoms with Crippen LogP contribution in [0.1, 0.15) is 25.3 Å². The first-order chi connectivity index (χ1) is 10.7. The molecule has 1 fully saturated rings. The zero-order chi connectivity index (χ0) is 15.5. The van der Waals surface area contributed by atoms with Crippen molar-refractivity contribution < 1.29 is 4.74 Å². The molecule has 22 heavy (non-hydrogen) atoms. The standard InChI is InChI=1S/C17H23N3OS/c1-12(2)13-4-5-16(21-3)14(10-13)15-11-22-17(19-15)20-8-6-18-7-9-20/h4-5,10-12,18H,6-9H2,1-3H3. The molecule has 0 amide bonds. The molecule has 0 spiro atoms. The number of ether oxygens (including phenoxy) is 1. The van der Waals surface area contributed by atoms with E-state index in [1.165, 1.54) is 5.56 Å². The second kappa shape index (κ2) is 6.67.